The van der Waals surface area contributed by atoms with E-state index in [1.807, 2.05) is 30.3 Å². The van der Waals surface area contributed by atoms with Crippen LogP contribution in [-0.2, 0) is 0 Å². The van der Waals surface area contributed by atoms with E-state index in [9.17, 15) is 5.11 Å². The molecule has 86 valence electrons. The maximum absolute atomic E-state index is 10.2. The smallest absolute Gasteiger partial charge is 0.0822 e. The molecule has 0 radical (unpaired) electrons. The van der Waals surface area contributed by atoms with E-state index < -0.39 is 0 Å². The maximum Gasteiger partial charge on any atom is 0.0822 e. The van der Waals surface area contributed by atoms with Crippen LogP contribution >= 0.6 is 0 Å². The third-order valence-electron chi connectivity index (χ3n) is 3.34. The first kappa shape index (κ1) is 10.4. The van der Waals surface area contributed by atoms with Gasteiger partial charge in [0.15, 0.2) is 0 Å². The molecular weight excluding hydrogens is 210 g/mol. The minimum atomic E-state index is -0.368. The molecule has 0 aromatic heterocycles. The van der Waals surface area contributed by atoms with E-state index >= 15 is 0 Å². The highest BCUT2D eigenvalue weighted by Crippen LogP contribution is 2.36. The summed E-state index contributed by atoms with van der Waals surface area (Å²) in [6.45, 7) is 0.608. The molecule has 0 spiro atoms. The lowest BCUT2D eigenvalue weighted by Crippen LogP contribution is -2.32. The van der Waals surface area contributed by atoms with Gasteiger partial charge < -0.3 is 10.4 Å². The molecule has 0 amide bonds. The number of rotatable bonds is 1. The van der Waals surface area contributed by atoms with Crippen molar-refractivity contribution in [2.45, 2.75) is 12.0 Å². The summed E-state index contributed by atoms with van der Waals surface area (Å²) in [6, 6.07) is 18.4. The molecule has 2 aromatic rings. The first-order chi connectivity index (χ1) is 8.36. The van der Waals surface area contributed by atoms with Gasteiger partial charge in [0.05, 0.1) is 6.10 Å². The second-order valence-electron chi connectivity index (χ2n) is 4.42. The summed E-state index contributed by atoms with van der Waals surface area (Å²) in [5, 5.41) is 13.5. The Morgan fingerprint density at radius 1 is 0.941 bits per heavy atom. The highest BCUT2D eigenvalue weighted by atomic mass is 16.3. The van der Waals surface area contributed by atoms with E-state index in [4.69, 9.17) is 0 Å². The number of nitrogens with one attached hydrogen (secondary N) is 1. The number of aliphatic hydroxyl groups is 1. The van der Waals surface area contributed by atoms with Crippen molar-refractivity contribution < 1.29 is 5.11 Å². The zero-order valence-corrected chi connectivity index (χ0v) is 9.51. The molecule has 1 aliphatic heterocycles. The highest BCUT2D eigenvalue weighted by Gasteiger charge is 2.28. The van der Waals surface area contributed by atoms with Gasteiger partial charge in [-0.1, -0.05) is 48.5 Å². The van der Waals surface area contributed by atoms with Gasteiger partial charge in [0.2, 0.25) is 0 Å². The van der Waals surface area contributed by atoms with Crippen LogP contribution in [0.4, 0.5) is 5.69 Å². The normalized spacial score (nSPS) is 22.6. The van der Waals surface area contributed by atoms with Gasteiger partial charge in [-0.3, -0.25) is 0 Å². The maximum atomic E-state index is 10.2. The van der Waals surface area contributed by atoms with Gasteiger partial charge in [-0.05, 0) is 17.2 Å². The van der Waals surface area contributed by atoms with Crippen molar-refractivity contribution in [3.8, 4) is 0 Å². The summed E-state index contributed by atoms with van der Waals surface area (Å²) in [7, 11) is 0. The van der Waals surface area contributed by atoms with Crippen LogP contribution in [0.15, 0.2) is 54.6 Å². The van der Waals surface area contributed by atoms with Crippen molar-refractivity contribution in [1.29, 1.82) is 0 Å². The van der Waals surface area contributed by atoms with Crippen LogP contribution in [0.3, 0.4) is 0 Å². The van der Waals surface area contributed by atoms with Crippen LogP contribution in [0, 0.1) is 0 Å². The Morgan fingerprint density at radius 3 is 2.47 bits per heavy atom. The number of hydrogen-bond donors (Lipinski definition) is 2. The summed E-state index contributed by atoms with van der Waals surface area (Å²) in [6.07, 6.45) is -0.368. The first-order valence-corrected chi connectivity index (χ1v) is 5.92. The number of hydrogen-bond acceptors (Lipinski definition) is 2. The van der Waals surface area contributed by atoms with Crippen LogP contribution < -0.4 is 5.32 Å². The summed E-state index contributed by atoms with van der Waals surface area (Å²) >= 11 is 0. The predicted octanol–water partition coefficient (Wildman–Crippen LogP) is 2.60. The Morgan fingerprint density at radius 2 is 1.65 bits per heavy atom. The molecule has 0 aliphatic carbocycles. The van der Waals surface area contributed by atoms with Gasteiger partial charge in [0, 0.05) is 18.2 Å². The van der Waals surface area contributed by atoms with Crippen molar-refractivity contribution in [2.24, 2.45) is 0 Å². The highest BCUT2D eigenvalue weighted by molar-refractivity contribution is 5.58. The molecule has 2 nitrogen and oxygen atoms in total. The van der Waals surface area contributed by atoms with Crippen LogP contribution in [0.5, 0.6) is 0 Å². The molecule has 0 unspecified atom stereocenters. The lowest BCUT2D eigenvalue weighted by molar-refractivity contribution is 0.165. The second kappa shape index (κ2) is 4.22. The van der Waals surface area contributed by atoms with E-state index in [-0.39, 0.29) is 12.0 Å². The minimum Gasteiger partial charge on any atom is -0.390 e. The number of benzene rings is 2. The summed E-state index contributed by atoms with van der Waals surface area (Å²) in [4.78, 5) is 0. The molecule has 2 atom stereocenters. The summed E-state index contributed by atoms with van der Waals surface area (Å²) < 4.78 is 0. The SMILES string of the molecule is O[C@@H]1CNc2ccccc2[C@H]1c1ccccc1. The monoisotopic (exact) mass is 225 g/mol. The predicted molar refractivity (Wildman–Crippen MR) is 69.2 cm³/mol. The average molecular weight is 225 g/mol. The van der Waals surface area contributed by atoms with Gasteiger partial charge >= 0.3 is 0 Å². The average Bonchev–Trinajstić information content (AvgIpc) is 2.39. The largest absolute Gasteiger partial charge is 0.390 e. The third-order valence-corrected chi connectivity index (χ3v) is 3.34. The molecule has 0 fully saturated rings. The van der Waals surface area contributed by atoms with E-state index in [0.717, 1.165) is 5.69 Å². The Bertz CT molecular complexity index is 509. The van der Waals surface area contributed by atoms with Crippen molar-refractivity contribution in [1.82, 2.24) is 0 Å². The standard InChI is InChI=1S/C15H15NO/c17-14-10-16-13-9-5-4-8-12(13)15(14)11-6-2-1-3-7-11/h1-9,14-17H,10H2/t14-,15-/m1/s1. The van der Waals surface area contributed by atoms with Gasteiger partial charge in [0.1, 0.15) is 0 Å². The first-order valence-electron chi connectivity index (χ1n) is 5.92. The van der Waals surface area contributed by atoms with Gasteiger partial charge in [-0.15, -0.1) is 0 Å². The van der Waals surface area contributed by atoms with E-state index in [1.165, 1.54) is 11.1 Å². The zero-order valence-electron chi connectivity index (χ0n) is 9.51. The Kier molecular flexibility index (Phi) is 2.57. The topological polar surface area (TPSA) is 32.3 Å². The van der Waals surface area contributed by atoms with Crippen LogP contribution in [0.25, 0.3) is 0 Å². The summed E-state index contributed by atoms with van der Waals surface area (Å²) in [5.74, 6) is 0.0775. The molecule has 2 aromatic carbocycles. The second-order valence-corrected chi connectivity index (χ2v) is 4.42. The molecule has 17 heavy (non-hydrogen) atoms. The number of anilines is 1. The minimum absolute atomic E-state index is 0.0775. The molecule has 2 heteroatoms. The molecule has 1 aliphatic rings. The molecule has 3 rings (SSSR count). The van der Waals surface area contributed by atoms with Crippen LogP contribution in [-0.4, -0.2) is 17.8 Å². The third kappa shape index (κ3) is 1.81. The Balaban J connectivity index is 2.10. The van der Waals surface area contributed by atoms with Gasteiger partial charge in [0.25, 0.3) is 0 Å². The van der Waals surface area contributed by atoms with E-state index in [1.54, 1.807) is 0 Å². The van der Waals surface area contributed by atoms with Crippen molar-refractivity contribution in [2.75, 3.05) is 11.9 Å². The van der Waals surface area contributed by atoms with Gasteiger partial charge in [-0.2, -0.15) is 0 Å². The quantitative estimate of drug-likeness (QED) is 0.782. The van der Waals surface area contributed by atoms with Crippen molar-refractivity contribution in [3.05, 3.63) is 65.7 Å². The number of fused-ring (bicyclic) bond motifs is 1. The van der Waals surface area contributed by atoms with E-state index in [2.05, 4.69) is 29.6 Å². The molecular formula is C15H15NO. The fraction of sp³-hybridized carbons (Fsp3) is 0.200. The lowest BCUT2D eigenvalue weighted by atomic mass is 9.83. The lowest BCUT2D eigenvalue weighted by Gasteiger charge is -2.31. The number of para-hydroxylation sites is 1. The fourth-order valence-electron chi connectivity index (χ4n) is 2.53. The van der Waals surface area contributed by atoms with Crippen molar-refractivity contribution in [3.63, 3.8) is 0 Å². The Hall–Kier alpha value is -1.80. The van der Waals surface area contributed by atoms with Crippen molar-refractivity contribution >= 4 is 5.69 Å². The van der Waals surface area contributed by atoms with E-state index in [0.29, 0.717) is 6.54 Å². The van der Waals surface area contributed by atoms with Gasteiger partial charge in [-0.25, -0.2) is 0 Å². The molecule has 0 saturated carbocycles. The number of β-amino-alcohol motifs (C(OH)–C–C–N with tert-alkyl or cyclic N) is 1. The van der Waals surface area contributed by atoms with Crippen LogP contribution in [0.1, 0.15) is 17.0 Å². The Labute approximate surface area is 101 Å². The molecule has 2 N–H and O–H groups in total. The number of aliphatic hydroxyl groups excluding tert-OH is 1. The fourth-order valence-corrected chi connectivity index (χ4v) is 2.53. The molecule has 0 bridgehead atoms. The molecule has 0 saturated heterocycles. The molecule has 1 heterocycles. The zero-order chi connectivity index (χ0) is 11.7. The van der Waals surface area contributed by atoms with Crippen LogP contribution in [0.2, 0.25) is 0 Å². The summed E-state index contributed by atoms with van der Waals surface area (Å²) in [5.41, 5.74) is 3.48.